The lowest BCUT2D eigenvalue weighted by atomic mass is 10.0. The number of rotatable bonds is 3. The van der Waals surface area contributed by atoms with E-state index in [2.05, 4.69) is 35.0 Å². The fraction of sp³-hybridized carbons (Fsp3) is 0.571. The van der Waals surface area contributed by atoms with Gasteiger partial charge in [0.05, 0.1) is 15.8 Å². The summed E-state index contributed by atoms with van der Waals surface area (Å²) in [6, 6.07) is 8.25. The minimum absolute atomic E-state index is 0.0753. The van der Waals surface area contributed by atoms with E-state index < -0.39 is 9.84 Å². The smallest absolute Gasteiger partial charge is 0.154 e. The van der Waals surface area contributed by atoms with Gasteiger partial charge in [-0.05, 0) is 30.4 Å². The van der Waals surface area contributed by atoms with Crippen LogP contribution in [-0.2, 0) is 16.3 Å². The quantitative estimate of drug-likeness (QED) is 0.792. The second-order valence-corrected chi connectivity index (χ2v) is 8.22. The maximum Gasteiger partial charge on any atom is 0.154 e. The monoisotopic (exact) mass is 330 g/mol. The fourth-order valence-electron chi connectivity index (χ4n) is 2.46. The van der Waals surface area contributed by atoms with Gasteiger partial charge in [0.2, 0.25) is 0 Å². The maximum absolute atomic E-state index is 12.1. The molecule has 1 aliphatic heterocycles. The van der Waals surface area contributed by atoms with Gasteiger partial charge in [-0.15, -0.1) is 0 Å². The molecule has 0 radical (unpaired) electrons. The summed E-state index contributed by atoms with van der Waals surface area (Å²) in [6.45, 7) is 2.12. The lowest BCUT2D eigenvalue weighted by Crippen LogP contribution is -2.31. The number of sulfone groups is 1. The summed E-state index contributed by atoms with van der Waals surface area (Å²) >= 11 is 3.59. The van der Waals surface area contributed by atoms with Gasteiger partial charge in [0.1, 0.15) is 0 Å². The molecule has 2 unspecified atom stereocenters. The molecule has 1 aromatic rings. The number of halogens is 1. The molecule has 0 amide bonds. The van der Waals surface area contributed by atoms with E-state index in [1.54, 1.807) is 0 Å². The van der Waals surface area contributed by atoms with Crippen LogP contribution in [0.4, 0.5) is 0 Å². The first-order chi connectivity index (χ1) is 8.54. The Kier molecular flexibility index (Phi) is 4.49. The molecule has 0 bridgehead atoms. The minimum Gasteiger partial charge on any atom is -0.228 e. The molecular weight excluding hydrogens is 312 g/mol. The zero-order chi connectivity index (χ0) is 13.2. The molecule has 2 nitrogen and oxygen atoms in total. The Bertz CT molecular complexity index is 493. The van der Waals surface area contributed by atoms with Gasteiger partial charge in [0.25, 0.3) is 0 Å². The zero-order valence-electron chi connectivity index (χ0n) is 10.6. The van der Waals surface area contributed by atoms with Crippen LogP contribution in [0.2, 0.25) is 0 Å². The molecule has 0 aromatic heterocycles. The molecule has 2 rings (SSSR count). The third kappa shape index (κ3) is 2.97. The third-order valence-corrected chi connectivity index (χ3v) is 7.47. The van der Waals surface area contributed by atoms with E-state index >= 15 is 0 Å². The van der Waals surface area contributed by atoms with Gasteiger partial charge in [-0.1, -0.05) is 53.5 Å². The third-order valence-electron chi connectivity index (χ3n) is 3.66. The molecule has 0 spiro atoms. The predicted molar refractivity (Wildman–Crippen MR) is 78.9 cm³/mol. The molecule has 18 heavy (non-hydrogen) atoms. The fourth-order valence-corrected chi connectivity index (χ4v) is 5.97. The summed E-state index contributed by atoms with van der Waals surface area (Å²) in [6.07, 6.45) is 3.61. The highest BCUT2D eigenvalue weighted by Gasteiger charge is 2.34. The van der Waals surface area contributed by atoms with Crippen molar-refractivity contribution in [1.82, 2.24) is 0 Å². The van der Waals surface area contributed by atoms with Gasteiger partial charge in [-0.25, -0.2) is 8.42 Å². The number of benzene rings is 1. The van der Waals surface area contributed by atoms with Crippen molar-refractivity contribution in [2.45, 2.75) is 42.7 Å². The standard InChI is InChI=1S/C14H19BrO2S/c1-2-11-6-8-12(9-7-11)14(15)13-5-3-4-10-18(13,16)17/h6-9,13-14H,2-5,10H2,1H3. The van der Waals surface area contributed by atoms with Crippen molar-refractivity contribution in [3.63, 3.8) is 0 Å². The molecule has 1 aromatic carbocycles. The average molecular weight is 331 g/mol. The normalized spacial score (nSPS) is 24.7. The number of hydrogen-bond acceptors (Lipinski definition) is 2. The number of alkyl halides is 1. The molecule has 1 aliphatic rings. The van der Waals surface area contributed by atoms with Crippen LogP contribution in [0.3, 0.4) is 0 Å². The summed E-state index contributed by atoms with van der Waals surface area (Å²) < 4.78 is 24.2. The van der Waals surface area contributed by atoms with E-state index in [1.807, 2.05) is 12.1 Å². The summed E-state index contributed by atoms with van der Waals surface area (Å²) in [5.74, 6) is 0.340. The van der Waals surface area contributed by atoms with Crippen LogP contribution in [-0.4, -0.2) is 19.4 Å². The first-order valence-electron chi connectivity index (χ1n) is 6.49. The van der Waals surface area contributed by atoms with Crippen molar-refractivity contribution < 1.29 is 8.42 Å². The minimum atomic E-state index is -2.93. The summed E-state index contributed by atoms with van der Waals surface area (Å²) in [5, 5.41) is -0.265. The van der Waals surface area contributed by atoms with E-state index in [4.69, 9.17) is 0 Å². The van der Waals surface area contributed by atoms with E-state index in [1.165, 1.54) is 5.56 Å². The van der Waals surface area contributed by atoms with Crippen molar-refractivity contribution in [2.24, 2.45) is 0 Å². The highest BCUT2D eigenvalue weighted by molar-refractivity contribution is 9.09. The van der Waals surface area contributed by atoms with Crippen LogP contribution in [0.25, 0.3) is 0 Å². The molecule has 1 saturated heterocycles. The van der Waals surface area contributed by atoms with Crippen molar-refractivity contribution in [1.29, 1.82) is 0 Å². The zero-order valence-corrected chi connectivity index (χ0v) is 13.0. The van der Waals surface area contributed by atoms with Crippen molar-refractivity contribution in [3.8, 4) is 0 Å². The van der Waals surface area contributed by atoms with Gasteiger partial charge in [-0.3, -0.25) is 0 Å². The van der Waals surface area contributed by atoms with Crippen molar-refractivity contribution in [2.75, 3.05) is 5.75 Å². The summed E-state index contributed by atoms with van der Waals surface area (Å²) in [7, 11) is -2.93. The number of hydrogen-bond donors (Lipinski definition) is 0. The van der Waals surface area contributed by atoms with E-state index in [0.717, 1.165) is 31.2 Å². The van der Waals surface area contributed by atoms with Gasteiger partial charge >= 0.3 is 0 Å². The van der Waals surface area contributed by atoms with Crippen molar-refractivity contribution in [3.05, 3.63) is 35.4 Å². The Balaban J connectivity index is 2.21. The highest BCUT2D eigenvalue weighted by Crippen LogP contribution is 2.36. The lowest BCUT2D eigenvalue weighted by molar-refractivity contribution is 0.537. The van der Waals surface area contributed by atoms with E-state index in [9.17, 15) is 8.42 Å². The summed E-state index contributed by atoms with van der Waals surface area (Å²) in [5.41, 5.74) is 2.35. The predicted octanol–water partition coefficient (Wildman–Crippen LogP) is 3.65. The Hall–Kier alpha value is -0.350. The Morgan fingerprint density at radius 3 is 2.50 bits per heavy atom. The molecule has 0 saturated carbocycles. The van der Waals surface area contributed by atoms with Crippen LogP contribution in [0.1, 0.15) is 42.1 Å². The largest absolute Gasteiger partial charge is 0.228 e. The van der Waals surface area contributed by atoms with Crippen LogP contribution in [0.15, 0.2) is 24.3 Å². The molecule has 100 valence electrons. The molecular formula is C14H19BrO2S. The molecule has 0 aliphatic carbocycles. The van der Waals surface area contributed by atoms with Crippen LogP contribution < -0.4 is 0 Å². The average Bonchev–Trinajstić information content (AvgIpc) is 2.37. The Morgan fingerprint density at radius 2 is 1.94 bits per heavy atom. The molecule has 2 atom stereocenters. The topological polar surface area (TPSA) is 34.1 Å². The number of aryl methyl sites for hydroxylation is 1. The molecule has 1 heterocycles. The van der Waals surface area contributed by atoms with Gasteiger partial charge in [0.15, 0.2) is 9.84 Å². The van der Waals surface area contributed by atoms with Gasteiger partial charge in [-0.2, -0.15) is 0 Å². The lowest BCUT2D eigenvalue weighted by Gasteiger charge is -2.26. The van der Waals surface area contributed by atoms with Crippen LogP contribution in [0.5, 0.6) is 0 Å². The molecule has 4 heteroatoms. The second kappa shape index (κ2) is 5.74. The SMILES string of the molecule is CCc1ccc(C(Br)C2CCCCS2(=O)=O)cc1. The maximum atomic E-state index is 12.1. The first kappa shape index (κ1) is 14.1. The molecule has 1 fully saturated rings. The van der Waals surface area contributed by atoms with Gasteiger partial charge in [0, 0.05) is 0 Å². The van der Waals surface area contributed by atoms with Gasteiger partial charge < -0.3 is 0 Å². The summed E-state index contributed by atoms with van der Waals surface area (Å²) in [4.78, 5) is -0.0753. The van der Waals surface area contributed by atoms with Crippen molar-refractivity contribution >= 4 is 25.8 Å². The first-order valence-corrected chi connectivity index (χ1v) is 9.12. The van der Waals surface area contributed by atoms with Crippen LogP contribution in [0, 0.1) is 0 Å². The van der Waals surface area contributed by atoms with E-state index in [0.29, 0.717) is 5.75 Å². The second-order valence-electron chi connectivity index (χ2n) is 4.90. The van der Waals surface area contributed by atoms with E-state index in [-0.39, 0.29) is 10.1 Å². The Labute approximate surface area is 118 Å². The Morgan fingerprint density at radius 1 is 1.28 bits per heavy atom. The molecule has 0 N–H and O–H groups in total. The highest BCUT2D eigenvalue weighted by atomic mass is 79.9. The van der Waals surface area contributed by atoms with Crippen LogP contribution >= 0.6 is 15.9 Å².